The third-order valence-electron chi connectivity index (χ3n) is 4.62. The normalized spacial score (nSPS) is 27.4. The lowest BCUT2D eigenvalue weighted by Crippen LogP contribution is -2.45. The molecule has 1 rings (SSSR count). The predicted molar refractivity (Wildman–Crippen MR) is 84.5 cm³/mol. The van der Waals surface area contributed by atoms with Gasteiger partial charge in [-0.1, -0.05) is 6.92 Å². The lowest BCUT2D eigenvalue weighted by molar-refractivity contribution is -0.126. The summed E-state index contributed by atoms with van der Waals surface area (Å²) in [6.07, 6.45) is 2.90. The molecule has 118 valence electrons. The van der Waals surface area contributed by atoms with Crippen LogP contribution in [0.2, 0.25) is 0 Å². The lowest BCUT2D eigenvalue weighted by Gasteiger charge is -2.32. The number of rotatable bonds is 6. The van der Waals surface area contributed by atoms with Crippen LogP contribution >= 0.6 is 0 Å². The average Bonchev–Trinajstić information content (AvgIpc) is 2.36. The van der Waals surface area contributed by atoms with E-state index in [1.54, 1.807) is 0 Å². The monoisotopic (exact) mass is 283 g/mol. The summed E-state index contributed by atoms with van der Waals surface area (Å²) in [6.45, 7) is 12.6. The Hall–Kier alpha value is -0.610. The van der Waals surface area contributed by atoms with E-state index in [4.69, 9.17) is 5.73 Å². The Bertz CT molecular complexity index is 296. The first-order valence-electron chi connectivity index (χ1n) is 8.12. The van der Waals surface area contributed by atoms with E-state index < -0.39 is 0 Å². The van der Waals surface area contributed by atoms with Gasteiger partial charge in [-0.2, -0.15) is 0 Å². The van der Waals surface area contributed by atoms with Crippen molar-refractivity contribution in [2.75, 3.05) is 13.1 Å². The molecule has 1 amide bonds. The zero-order chi connectivity index (χ0) is 15.3. The Morgan fingerprint density at radius 3 is 2.35 bits per heavy atom. The molecule has 1 aliphatic carbocycles. The Kier molecular flexibility index (Phi) is 6.96. The third kappa shape index (κ3) is 5.06. The molecule has 0 radical (unpaired) electrons. The highest BCUT2D eigenvalue weighted by molar-refractivity contribution is 5.78. The van der Waals surface area contributed by atoms with Gasteiger partial charge in [-0.25, -0.2) is 0 Å². The molecule has 0 bridgehead atoms. The Morgan fingerprint density at radius 2 is 1.85 bits per heavy atom. The van der Waals surface area contributed by atoms with Crippen LogP contribution in [-0.2, 0) is 4.79 Å². The van der Waals surface area contributed by atoms with Crippen LogP contribution < -0.4 is 11.1 Å². The van der Waals surface area contributed by atoms with Gasteiger partial charge in [0.1, 0.15) is 0 Å². The molecule has 20 heavy (non-hydrogen) atoms. The lowest BCUT2D eigenvalue weighted by atomic mass is 9.79. The summed E-state index contributed by atoms with van der Waals surface area (Å²) in [5.41, 5.74) is 6.07. The molecule has 0 aromatic rings. The van der Waals surface area contributed by atoms with Crippen molar-refractivity contribution in [2.45, 2.75) is 72.0 Å². The SMILES string of the molecule is CC1CCC(C(=O)NCCN(C(C)C)C(C)C)CC1N. The van der Waals surface area contributed by atoms with Crippen molar-refractivity contribution in [1.82, 2.24) is 10.2 Å². The van der Waals surface area contributed by atoms with Gasteiger partial charge in [0.05, 0.1) is 0 Å². The van der Waals surface area contributed by atoms with E-state index in [0.717, 1.165) is 32.4 Å². The maximum Gasteiger partial charge on any atom is 0.223 e. The molecule has 0 aliphatic heterocycles. The fraction of sp³-hybridized carbons (Fsp3) is 0.938. The minimum atomic E-state index is 0.118. The van der Waals surface area contributed by atoms with Gasteiger partial charge in [0.2, 0.25) is 5.91 Å². The molecule has 4 nitrogen and oxygen atoms in total. The van der Waals surface area contributed by atoms with Crippen LogP contribution in [0.1, 0.15) is 53.9 Å². The van der Waals surface area contributed by atoms with Crippen LogP contribution in [0.15, 0.2) is 0 Å². The summed E-state index contributed by atoms with van der Waals surface area (Å²) in [4.78, 5) is 14.6. The number of nitrogens with one attached hydrogen (secondary N) is 1. The van der Waals surface area contributed by atoms with Gasteiger partial charge in [-0.15, -0.1) is 0 Å². The van der Waals surface area contributed by atoms with Gasteiger partial charge in [0.25, 0.3) is 0 Å². The largest absolute Gasteiger partial charge is 0.355 e. The number of hydrogen-bond acceptors (Lipinski definition) is 3. The highest BCUT2D eigenvalue weighted by Gasteiger charge is 2.29. The van der Waals surface area contributed by atoms with Crippen LogP contribution in [0.5, 0.6) is 0 Å². The summed E-state index contributed by atoms with van der Waals surface area (Å²) in [7, 11) is 0. The van der Waals surface area contributed by atoms with E-state index in [-0.39, 0.29) is 17.9 Å². The first-order valence-corrected chi connectivity index (χ1v) is 8.12. The Labute approximate surface area is 124 Å². The van der Waals surface area contributed by atoms with Crippen LogP contribution in [0.4, 0.5) is 0 Å². The molecule has 1 saturated carbocycles. The maximum absolute atomic E-state index is 12.2. The zero-order valence-corrected chi connectivity index (χ0v) is 13.9. The van der Waals surface area contributed by atoms with Crippen molar-refractivity contribution in [3.63, 3.8) is 0 Å². The van der Waals surface area contributed by atoms with Crippen molar-refractivity contribution >= 4 is 5.91 Å². The minimum absolute atomic E-state index is 0.118. The first-order chi connectivity index (χ1) is 9.32. The minimum Gasteiger partial charge on any atom is -0.355 e. The van der Waals surface area contributed by atoms with E-state index in [2.05, 4.69) is 44.8 Å². The highest BCUT2D eigenvalue weighted by Crippen LogP contribution is 2.27. The molecular weight excluding hydrogens is 250 g/mol. The van der Waals surface area contributed by atoms with Crippen molar-refractivity contribution in [3.8, 4) is 0 Å². The number of carbonyl (C=O) groups is 1. The third-order valence-corrected chi connectivity index (χ3v) is 4.62. The van der Waals surface area contributed by atoms with Crippen LogP contribution in [-0.4, -0.2) is 42.0 Å². The zero-order valence-electron chi connectivity index (χ0n) is 13.9. The van der Waals surface area contributed by atoms with Crippen LogP contribution in [0.25, 0.3) is 0 Å². The molecule has 0 heterocycles. The predicted octanol–water partition coefficient (Wildman–Crippen LogP) is 1.98. The summed E-state index contributed by atoms with van der Waals surface area (Å²) in [5, 5.41) is 3.09. The standard InChI is InChI=1S/C16H33N3O/c1-11(2)19(12(3)4)9-8-18-16(20)14-7-6-13(5)15(17)10-14/h11-15H,6-10,17H2,1-5H3,(H,18,20). The number of nitrogens with two attached hydrogens (primary N) is 1. The number of carbonyl (C=O) groups excluding carboxylic acids is 1. The summed E-state index contributed by atoms with van der Waals surface area (Å²) in [5.74, 6) is 0.865. The first kappa shape index (κ1) is 17.4. The molecular formula is C16H33N3O. The van der Waals surface area contributed by atoms with Gasteiger partial charge in [0, 0.05) is 37.1 Å². The number of hydrogen-bond donors (Lipinski definition) is 2. The molecule has 0 aromatic carbocycles. The van der Waals surface area contributed by atoms with Gasteiger partial charge in [-0.05, 0) is 52.9 Å². The Balaban J connectivity index is 2.33. The molecule has 4 heteroatoms. The van der Waals surface area contributed by atoms with E-state index in [1.807, 2.05) is 0 Å². The topological polar surface area (TPSA) is 58.4 Å². The molecule has 3 N–H and O–H groups in total. The van der Waals surface area contributed by atoms with Gasteiger partial charge in [0.15, 0.2) is 0 Å². The summed E-state index contributed by atoms with van der Waals surface area (Å²) in [6, 6.07) is 1.20. The number of amides is 1. The molecule has 1 aliphatic rings. The average molecular weight is 283 g/mol. The van der Waals surface area contributed by atoms with Gasteiger partial charge < -0.3 is 11.1 Å². The number of nitrogens with zero attached hydrogens (tertiary/aromatic N) is 1. The fourth-order valence-corrected chi connectivity index (χ4v) is 3.16. The smallest absolute Gasteiger partial charge is 0.223 e. The molecule has 1 fully saturated rings. The van der Waals surface area contributed by atoms with E-state index in [9.17, 15) is 4.79 Å². The molecule has 3 unspecified atom stereocenters. The van der Waals surface area contributed by atoms with Crippen LogP contribution in [0, 0.1) is 11.8 Å². The molecule has 3 atom stereocenters. The van der Waals surface area contributed by atoms with Crippen molar-refractivity contribution in [3.05, 3.63) is 0 Å². The van der Waals surface area contributed by atoms with Crippen molar-refractivity contribution in [2.24, 2.45) is 17.6 Å². The van der Waals surface area contributed by atoms with E-state index in [1.165, 1.54) is 0 Å². The summed E-state index contributed by atoms with van der Waals surface area (Å²) >= 11 is 0. The molecule has 0 aromatic heterocycles. The fourth-order valence-electron chi connectivity index (χ4n) is 3.16. The van der Waals surface area contributed by atoms with Crippen molar-refractivity contribution < 1.29 is 4.79 Å². The second kappa shape index (κ2) is 7.99. The molecule has 0 spiro atoms. The summed E-state index contributed by atoms with van der Waals surface area (Å²) < 4.78 is 0. The Morgan fingerprint density at radius 1 is 1.25 bits per heavy atom. The second-order valence-corrected chi connectivity index (χ2v) is 6.87. The van der Waals surface area contributed by atoms with Crippen LogP contribution in [0.3, 0.4) is 0 Å². The quantitative estimate of drug-likeness (QED) is 0.784. The van der Waals surface area contributed by atoms with Gasteiger partial charge in [-0.3, -0.25) is 9.69 Å². The second-order valence-electron chi connectivity index (χ2n) is 6.87. The van der Waals surface area contributed by atoms with E-state index in [0.29, 0.717) is 18.0 Å². The maximum atomic E-state index is 12.2. The van der Waals surface area contributed by atoms with Crippen molar-refractivity contribution in [1.29, 1.82) is 0 Å². The molecule has 0 saturated heterocycles. The van der Waals surface area contributed by atoms with Gasteiger partial charge >= 0.3 is 0 Å². The van der Waals surface area contributed by atoms with E-state index >= 15 is 0 Å². The highest BCUT2D eigenvalue weighted by atomic mass is 16.1.